The monoisotopic (exact) mass is 354 g/mol. The van der Waals surface area contributed by atoms with E-state index < -0.39 is 0 Å². The predicted octanol–water partition coefficient (Wildman–Crippen LogP) is 2.69. The van der Waals surface area contributed by atoms with E-state index in [1.807, 2.05) is 18.5 Å². The number of rotatable bonds is 8. The van der Waals surface area contributed by atoms with Crippen LogP contribution in [0.3, 0.4) is 0 Å². The number of methoxy groups -OCH3 is 1. The van der Waals surface area contributed by atoms with E-state index in [0.717, 1.165) is 17.0 Å². The molecule has 2 N–H and O–H groups in total. The van der Waals surface area contributed by atoms with Gasteiger partial charge in [-0.1, -0.05) is 12.1 Å². The first-order valence-electron chi connectivity index (χ1n) is 8.78. The van der Waals surface area contributed by atoms with E-state index in [9.17, 15) is 0 Å². The standard InChI is InChI=1S/C17H22N8O/c1-11(12-3-4-12)9-19-16-13-5-6-18-15(13)21-17(22-16)20-14-10-25(24-23-14)7-8-26-2/h5-6,9-12H,3-4,7-8H2,1-2H3,(H2,18,20,21,22). The zero-order valence-corrected chi connectivity index (χ0v) is 14.9. The lowest BCUT2D eigenvalue weighted by molar-refractivity contribution is 0.183. The summed E-state index contributed by atoms with van der Waals surface area (Å²) in [6, 6.07) is 1.94. The van der Waals surface area contributed by atoms with Crippen molar-refractivity contribution in [2.75, 3.05) is 19.0 Å². The van der Waals surface area contributed by atoms with E-state index in [2.05, 4.69) is 42.5 Å². The largest absolute Gasteiger partial charge is 0.383 e. The lowest BCUT2D eigenvalue weighted by Gasteiger charge is -2.05. The molecular formula is C17H22N8O. The molecule has 9 nitrogen and oxygen atoms in total. The zero-order chi connectivity index (χ0) is 17.9. The summed E-state index contributed by atoms with van der Waals surface area (Å²) >= 11 is 0. The second-order valence-electron chi connectivity index (χ2n) is 6.57. The molecule has 0 aromatic carbocycles. The summed E-state index contributed by atoms with van der Waals surface area (Å²) in [5, 5.41) is 12.1. The molecule has 0 aliphatic heterocycles. The minimum absolute atomic E-state index is 0.435. The van der Waals surface area contributed by atoms with Crippen LogP contribution in [0.5, 0.6) is 0 Å². The fourth-order valence-corrected chi connectivity index (χ4v) is 2.78. The molecule has 1 unspecified atom stereocenters. The molecule has 0 saturated heterocycles. The SMILES string of the molecule is COCCn1cc(Nc2nc(N=CC(C)C3CC3)c3cc[nH]c3n2)nn1. The third kappa shape index (κ3) is 3.72. The summed E-state index contributed by atoms with van der Waals surface area (Å²) < 4.78 is 6.75. The number of aliphatic imine (C=N–C) groups is 1. The van der Waals surface area contributed by atoms with Crippen molar-refractivity contribution >= 4 is 34.8 Å². The average molecular weight is 354 g/mol. The maximum absolute atomic E-state index is 5.04. The lowest BCUT2D eigenvalue weighted by Crippen LogP contribution is -2.04. The van der Waals surface area contributed by atoms with Crippen molar-refractivity contribution < 1.29 is 4.74 Å². The Balaban J connectivity index is 1.56. The highest BCUT2D eigenvalue weighted by molar-refractivity contribution is 5.88. The molecule has 1 saturated carbocycles. The highest BCUT2D eigenvalue weighted by atomic mass is 16.5. The molecule has 4 rings (SSSR count). The second kappa shape index (κ2) is 7.20. The number of aromatic amines is 1. The third-order valence-corrected chi connectivity index (χ3v) is 4.50. The first-order chi connectivity index (χ1) is 12.7. The highest BCUT2D eigenvalue weighted by Gasteiger charge is 2.26. The van der Waals surface area contributed by atoms with Crippen LogP contribution in [0.2, 0.25) is 0 Å². The van der Waals surface area contributed by atoms with Crippen molar-refractivity contribution in [3.8, 4) is 0 Å². The van der Waals surface area contributed by atoms with Crippen LogP contribution in [-0.4, -0.2) is 49.9 Å². The first-order valence-corrected chi connectivity index (χ1v) is 8.78. The maximum atomic E-state index is 5.04. The first kappa shape index (κ1) is 16.6. The van der Waals surface area contributed by atoms with Crippen LogP contribution in [0, 0.1) is 11.8 Å². The van der Waals surface area contributed by atoms with Gasteiger partial charge in [0.1, 0.15) is 5.65 Å². The van der Waals surface area contributed by atoms with Gasteiger partial charge in [-0.15, -0.1) is 5.10 Å². The van der Waals surface area contributed by atoms with Crippen LogP contribution in [0.1, 0.15) is 19.8 Å². The van der Waals surface area contributed by atoms with Gasteiger partial charge in [-0.3, -0.25) is 0 Å². The van der Waals surface area contributed by atoms with E-state index in [-0.39, 0.29) is 0 Å². The second-order valence-corrected chi connectivity index (χ2v) is 6.57. The van der Waals surface area contributed by atoms with Gasteiger partial charge in [0.15, 0.2) is 11.6 Å². The van der Waals surface area contributed by atoms with Crippen LogP contribution < -0.4 is 5.32 Å². The van der Waals surface area contributed by atoms with Gasteiger partial charge in [-0.2, -0.15) is 9.97 Å². The van der Waals surface area contributed by atoms with Crippen molar-refractivity contribution in [3.63, 3.8) is 0 Å². The molecule has 0 bridgehead atoms. The van der Waals surface area contributed by atoms with Crippen molar-refractivity contribution in [1.82, 2.24) is 29.9 Å². The Morgan fingerprint density at radius 1 is 1.46 bits per heavy atom. The molecule has 1 fully saturated rings. The molecule has 0 amide bonds. The van der Waals surface area contributed by atoms with Gasteiger partial charge in [0.25, 0.3) is 0 Å². The van der Waals surface area contributed by atoms with Gasteiger partial charge in [-0.05, 0) is 30.7 Å². The van der Waals surface area contributed by atoms with E-state index in [4.69, 9.17) is 4.74 Å². The fourth-order valence-electron chi connectivity index (χ4n) is 2.78. The van der Waals surface area contributed by atoms with Crippen molar-refractivity contribution in [2.24, 2.45) is 16.8 Å². The Morgan fingerprint density at radius 2 is 2.35 bits per heavy atom. The Labute approximate surface area is 150 Å². The number of hydrogen-bond donors (Lipinski definition) is 2. The molecule has 0 spiro atoms. The molecule has 1 aliphatic rings. The van der Waals surface area contributed by atoms with Crippen LogP contribution >= 0.6 is 0 Å². The van der Waals surface area contributed by atoms with Crippen LogP contribution in [-0.2, 0) is 11.3 Å². The fraction of sp³-hybridized carbons (Fsp3) is 0.471. The van der Waals surface area contributed by atoms with Gasteiger partial charge >= 0.3 is 0 Å². The Kier molecular flexibility index (Phi) is 4.61. The lowest BCUT2D eigenvalue weighted by atomic mass is 10.1. The van der Waals surface area contributed by atoms with Crippen LogP contribution in [0.15, 0.2) is 23.5 Å². The molecule has 3 aromatic rings. The van der Waals surface area contributed by atoms with Gasteiger partial charge < -0.3 is 15.0 Å². The number of aromatic nitrogens is 6. The van der Waals surface area contributed by atoms with E-state index in [0.29, 0.717) is 36.7 Å². The van der Waals surface area contributed by atoms with Crippen LogP contribution in [0.4, 0.5) is 17.6 Å². The Bertz CT molecular complexity index is 911. The van der Waals surface area contributed by atoms with E-state index in [1.165, 1.54) is 12.8 Å². The number of H-pyrrole nitrogens is 1. The minimum atomic E-state index is 0.435. The molecule has 1 atom stereocenters. The summed E-state index contributed by atoms with van der Waals surface area (Å²) in [6.07, 6.45) is 8.22. The number of nitrogens with zero attached hydrogens (tertiary/aromatic N) is 6. The number of fused-ring (bicyclic) bond motifs is 1. The zero-order valence-electron chi connectivity index (χ0n) is 14.9. The van der Waals surface area contributed by atoms with Gasteiger partial charge in [0, 0.05) is 19.5 Å². The minimum Gasteiger partial charge on any atom is -0.383 e. The molecule has 3 aromatic heterocycles. The third-order valence-electron chi connectivity index (χ3n) is 4.50. The van der Waals surface area contributed by atoms with Gasteiger partial charge in [0.05, 0.1) is 24.7 Å². The number of nitrogens with one attached hydrogen (secondary N) is 2. The number of ether oxygens (including phenoxy) is 1. The molecule has 1 aliphatic carbocycles. The molecule has 26 heavy (non-hydrogen) atoms. The average Bonchev–Trinajstić information content (AvgIpc) is 3.23. The summed E-state index contributed by atoms with van der Waals surface area (Å²) in [5.41, 5.74) is 0.737. The summed E-state index contributed by atoms with van der Waals surface area (Å²) in [5.74, 6) is 2.90. The molecule has 0 radical (unpaired) electrons. The van der Waals surface area contributed by atoms with Crippen molar-refractivity contribution in [1.29, 1.82) is 0 Å². The Morgan fingerprint density at radius 3 is 3.15 bits per heavy atom. The summed E-state index contributed by atoms with van der Waals surface area (Å²) in [4.78, 5) is 16.8. The summed E-state index contributed by atoms with van der Waals surface area (Å²) in [6.45, 7) is 3.41. The number of anilines is 2. The molecule has 3 heterocycles. The van der Waals surface area contributed by atoms with E-state index in [1.54, 1.807) is 18.0 Å². The molecular weight excluding hydrogens is 332 g/mol. The van der Waals surface area contributed by atoms with Crippen LogP contribution in [0.25, 0.3) is 11.0 Å². The number of hydrogen-bond acceptors (Lipinski definition) is 7. The smallest absolute Gasteiger partial charge is 0.232 e. The normalized spacial score (nSPS) is 15.8. The topological polar surface area (TPSA) is 106 Å². The van der Waals surface area contributed by atoms with E-state index >= 15 is 0 Å². The van der Waals surface area contributed by atoms with Gasteiger partial charge in [0.2, 0.25) is 5.95 Å². The molecule has 9 heteroatoms. The van der Waals surface area contributed by atoms with Gasteiger partial charge in [-0.25, -0.2) is 9.67 Å². The summed E-state index contributed by atoms with van der Waals surface area (Å²) in [7, 11) is 1.65. The van der Waals surface area contributed by atoms with Crippen molar-refractivity contribution in [3.05, 3.63) is 18.5 Å². The Hall–Kier alpha value is -2.81. The maximum Gasteiger partial charge on any atom is 0.232 e. The molecule has 136 valence electrons. The quantitative estimate of drug-likeness (QED) is 0.603. The predicted molar refractivity (Wildman–Crippen MR) is 99.1 cm³/mol. The van der Waals surface area contributed by atoms with Crippen molar-refractivity contribution in [2.45, 2.75) is 26.3 Å². The highest BCUT2D eigenvalue weighted by Crippen LogP contribution is 2.36.